The molecular weight excluding hydrogens is 220 g/mol. The largest absolute Gasteiger partial charge is 0.359 e. The van der Waals surface area contributed by atoms with E-state index in [0.29, 0.717) is 6.42 Å². The standard InChI is InChI=1S/C16H18N2/c1-3-14(2)18-16-12-7-5-4-6-10-15(16)11-8-9-13-17/h4,6-7,12,18H,2-3,8-9,11H2,1H3/b16-12+. The quantitative estimate of drug-likeness (QED) is 0.563. The van der Waals surface area contributed by atoms with Crippen LogP contribution >= 0.6 is 0 Å². The lowest BCUT2D eigenvalue weighted by molar-refractivity contribution is 0.813. The van der Waals surface area contributed by atoms with Crippen molar-refractivity contribution in [1.82, 2.24) is 5.32 Å². The van der Waals surface area contributed by atoms with Crippen LogP contribution in [0.4, 0.5) is 0 Å². The Balaban J connectivity index is 2.87. The minimum absolute atomic E-state index is 0.568. The molecule has 0 aromatic carbocycles. The van der Waals surface area contributed by atoms with Gasteiger partial charge in [0.1, 0.15) is 0 Å². The van der Waals surface area contributed by atoms with Crippen LogP contribution in [0.3, 0.4) is 0 Å². The monoisotopic (exact) mass is 238 g/mol. The number of allylic oxidation sites excluding steroid dienone is 4. The maximum Gasteiger partial charge on any atom is 0.0621 e. The Kier molecular flexibility index (Phi) is 6.15. The highest BCUT2D eigenvalue weighted by molar-refractivity contribution is 5.36. The third-order valence-electron chi connectivity index (χ3n) is 2.56. The van der Waals surface area contributed by atoms with Gasteiger partial charge in [-0.25, -0.2) is 0 Å². The molecule has 2 heteroatoms. The van der Waals surface area contributed by atoms with E-state index in [2.05, 4.69) is 36.4 Å². The van der Waals surface area contributed by atoms with Gasteiger partial charge in [-0.3, -0.25) is 0 Å². The Morgan fingerprint density at radius 3 is 3.00 bits per heavy atom. The molecule has 18 heavy (non-hydrogen) atoms. The van der Waals surface area contributed by atoms with Gasteiger partial charge in [-0.05, 0) is 43.6 Å². The lowest BCUT2D eigenvalue weighted by Crippen LogP contribution is -2.13. The molecule has 0 heterocycles. The lowest BCUT2D eigenvalue weighted by Gasteiger charge is -2.13. The molecule has 1 aliphatic carbocycles. The van der Waals surface area contributed by atoms with E-state index in [0.717, 1.165) is 36.2 Å². The van der Waals surface area contributed by atoms with Crippen molar-refractivity contribution in [3.63, 3.8) is 0 Å². The van der Waals surface area contributed by atoms with E-state index < -0.39 is 0 Å². The van der Waals surface area contributed by atoms with Crippen molar-refractivity contribution in [2.24, 2.45) is 0 Å². The van der Waals surface area contributed by atoms with Crippen molar-refractivity contribution >= 4 is 0 Å². The van der Waals surface area contributed by atoms with Gasteiger partial charge in [0.2, 0.25) is 0 Å². The van der Waals surface area contributed by atoms with E-state index in [-0.39, 0.29) is 0 Å². The molecule has 0 amide bonds. The number of hydrogen-bond acceptors (Lipinski definition) is 2. The van der Waals surface area contributed by atoms with Crippen LogP contribution in [0.25, 0.3) is 0 Å². The minimum Gasteiger partial charge on any atom is -0.359 e. The van der Waals surface area contributed by atoms with Gasteiger partial charge in [-0.2, -0.15) is 5.26 Å². The summed E-state index contributed by atoms with van der Waals surface area (Å²) < 4.78 is 0. The van der Waals surface area contributed by atoms with Gasteiger partial charge < -0.3 is 5.32 Å². The van der Waals surface area contributed by atoms with E-state index in [1.165, 1.54) is 0 Å². The molecule has 0 radical (unpaired) electrons. The fourth-order valence-corrected chi connectivity index (χ4v) is 1.50. The van der Waals surface area contributed by atoms with Gasteiger partial charge in [-0.1, -0.05) is 13.5 Å². The highest BCUT2D eigenvalue weighted by Crippen LogP contribution is 2.16. The van der Waals surface area contributed by atoms with Crippen LogP contribution in [0.1, 0.15) is 32.6 Å². The second kappa shape index (κ2) is 7.98. The SMILES string of the molecule is C=C(CC)N/C1=C/C=C=CC=C=C1CCCC#N. The van der Waals surface area contributed by atoms with E-state index in [1.807, 2.05) is 24.3 Å². The fourth-order valence-electron chi connectivity index (χ4n) is 1.50. The topological polar surface area (TPSA) is 35.8 Å². The predicted octanol–water partition coefficient (Wildman–Crippen LogP) is 3.88. The van der Waals surface area contributed by atoms with Gasteiger partial charge in [0.15, 0.2) is 0 Å². The Labute approximate surface area is 109 Å². The maximum atomic E-state index is 8.59. The van der Waals surface area contributed by atoms with Crippen molar-refractivity contribution in [2.45, 2.75) is 32.6 Å². The number of nitrogens with zero attached hydrogens (tertiary/aromatic N) is 1. The normalized spacial score (nSPS) is 16.0. The molecule has 0 atom stereocenters. The summed E-state index contributed by atoms with van der Waals surface area (Å²) in [4.78, 5) is 0. The molecule has 0 spiro atoms. The summed E-state index contributed by atoms with van der Waals surface area (Å²) in [5.74, 6) is 0. The molecule has 1 aliphatic rings. The van der Waals surface area contributed by atoms with Gasteiger partial charge >= 0.3 is 0 Å². The Bertz CT molecular complexity index is 500. The number of nitrogens with one attached hydrogen (secondary N) is 1. The summed E-state index contributed by atoms with van der Waals surface area (Å²) >= 11 is 0. The summed E-state index contributed by atoms with van der Waals surface area (Å²) in [6.07, 6.45) is 10.6. The molecule has 0 fully saturated rings. The van der Waals surface area contributed by atoms with Crippen LogP contribution in [0, 0.1) is 11.3 Å². The van der Waals surface area contributed by atoms with E-state index in [1.54, 1.807) is 0 Å². The van der Waals surface area contributed by atoms with E-state index in [4.69, 9.17) is 5.26 Å². The molecular formula is C16H18N2. The van der Waals surface area contributed by atoms with Crippen molar-refractivity contribution < 1.29 is 0 Å². The van der Waals surface area contributed by atoms with Crippen LogP contribution in [0.5, 0.6) is 0 Å². The molecule has 2 nitrogen and oxygen atoms in total. The Morgan fingerprint density at radius 1 is 1.44 bits per heavy atom. The third-order valence-corrected chi connectivity index (χ3v) is 2.56. The predicted molar refractivity (Wildman–Crippen MR) is 74.4 cm³/mol. The number of rotatable bonds is 6. The fraction of sp³-hybridized carbons (Fsp3) is 0.312. The summed E-state index contributed by atoms with van der Waals surface area (Å²) in [6, 6.07) is 2.17. The zero-order chi connectivity index (χ0) is 13.2. The number of nitriles is 1. The molecule has 0 aromatic heterocycles. The van der Waals surface area contributed by atoms with E-state index >= 15 is 0 Å². The van der Waals surface area contributed by atoms with Crippen molar-refractivity contribution in [3.8, 4) is 6.07 Å². The van der Waals surface area contributed by atoms with Gasteiger partial charge in [0.05, 0.1) is 6.07 Å². The molecule has 0 aliphatic heterocycles. The van der Waals surface area contributed by atoms with Gasteiger partial charge in [-0.15, -0.1) is 11.5 Å². The summed E-state index contributed by atoms with van der Waals surface area (Å²) in [6.45, 7) is 6.01. The Morgan fingerprint density at radius 2 is 2.28 bits per heavy atom. The number of unbranched alkanes of at least 4 members (excludes halogenated alkanes) is 1. The van der Waals surface area contributed by atoms with Crippen LogP contribution < -0.4 is 5.32 Å². The first-order valence-electron chi connectivity index (χ1n) is 6.17. The molecule has 0 unspecified atom stereocenters. The molecule has 0 saturated carbocycles. The van der Waals surface area contributed by atoms with Crippen LogP contribution in [-0.4, -0.2) is 0 Å². The van der Waals surface area contributed by atoms with Crippen LogP contribution in [-0.2, 0) is 0 Å². The minimum atomic E-state index is 0.568. The molecule has 1 rings (SSSR count). The lowest BCUT2D eigenvalue weighted by atomic mass is 10.0. The molecule has 0 saturated heterocycles. The zero-order valence-electron chi connectivity index (χ0n) is 10.8. The first kappa shape index (κ1) is 13.9. The highest BCUT2D eigenvalue weighted by atomic mass is 14.9. The Hall–Kier alpha value is -2.19. The third kappa shape index (κ3) is 4.76. The van der Waals surface area contributed by atoms with Crippen LogP contribution in [0.15, 0.2) is 59.3 Å². The van der Waals surface area contributed by atoms with Gasteiger partial charge in [0, 0.05) is 23.4 Å². The second-order valence-electron chi connectivity index (χ2n) is 3.96. The number of hydrogen-bond donors (Lipinski definition) is 1. The van der Waals surface area contributed by atoms with Crippen molar-refractivity contribution in [2.75, 3.05) is 0 Å². The van der Waals surface area contributed by atoms with E-state index in [9.17, 15) is 0 Å². The summed E-state index contributed by atoms with van der Waals surface area (Å²) in [5.41, 5.74) is 9.29. The molecule has 1 N–H and O–H groups in total. The first-order valence-corrected chi connectivity index (χ1v) is 6.17. The molecule has 92 valence electrons. The average Bonchev–Trinajstić information content (AvgIpc) is 2.36. The first-order chi connectivity index (χ1) is 8.77. The van der Waals surface area contributed by atoms with Crippen molar-refractivity contribution in [3.05, 3.63) is 59.3 Å². The molecule has 0 bridgehead atoms. The maximum absolute atomic E-state index is 8.59. The smallest absolute Gasteiger partial charge is 0.0621 e. The second-order valence-corrected chi connectivity index (χ2v) is 3.96. The summed E-state index contributed by atoms with van der Waals surface area (Å²) in [5, 5.41) is 11.9. The molecule has 0 aromatic rings. The van der Waals surface area contributed by atoms with Crippen LogP contribution in [0.2, 0.25) is 0 Å². The van der Waals surface area contributed by atoms with Gasteiger partial charge in [0.25, 0.3) is 0 Å². The average molecular weight is 238 g/mol. The zero-order valence-corrected chi connectivity index (χ0v) is 10.8. The summed E-state index contributed by atoms with van der Waals surface area (Å²) in [7, 11) is 0. The highest BCUT2D eigenvalue weighted by Gasteiger charge is 2.05. The van der Waals surface area contributed by atoms with Crippen molar-refractivity contribution in [1.29, 1.82) is 5.26 Å².